The fourth-order valence-electron chi connectivity index (χ4n) is 0.836. The Morgan fingerprint density at radius 1 is 1.50 bits per heavy atom. The lowest BCUT2D eigenvalue weighted by molar-refractivity contribution is -0.104. The summed E-state index contributed by atoms with van der Waals surface area (Å²) < 4.78 is 0. The van der Waals surface area contributed by atoms with Crippen molar-refractivity contribution < 1.29 is 9.90 Å². The first-order valence-corrected chi connectivity index (χ1v) is 3.53. The second-order valence-corrected chi connectivity index (χ2v) is 2.28. The maximum atomic E-state index is 9.98. The lowest BCUT2D eigenvalue weighted by Gasteiger charge is -1.95. The van der Waals surface area contributed by atoms with Crippen molar-refractivity contribution >= 4 is 12.4 Å². The molecule has 0 aliphatic heterocycles. The van der Waals surface area contributed by atoms with Crippen LogP contribution in [0.15, 0.2) is 24.5 Å². The molecule has 1 aromatic heterocycles. The molecule has 0 radical (unpaired) electrons. The second kappa shape index (κ2) is 4.41. The van der Waals surface area contributed by atoms with E-state index in [0.717, 1.165) is 11.1 Å². The molecule has 0 aromatic carbocycles. The van der Waals surface area contributed by atoms with Gasteiger partial charge in [0.1, 0.15) is 6.29 Å². The number of hydrogen-bond acceptors (Lipinski definition) is 3. The third-order valence-corrected chi connectivity index (χ3v) is 1.37. The molecule has 0 bridgehead atoms. The number of aldehydes is 1. The number of nitrogens with zero attached hydrogens (tertiary/aromatic N) is 1. The molecule has 0 spiro atoms. The van der Waals surface area contributed by atoms with Crippen LogP contribution in [-0.4, -0.2) is 16.4 Å². The number of carbonyl (C=O) groups excluding carboxylic acids is 1. The van der Waals surface area contributed by atoms with Gasteiger partial charge in [0.05, 0.1) is 6.61 Å². The van der Waals surface area contributed by atoms with Gasteiger partial charge in [-0.05, 0) is 23.3 Å². The smallest absolute Gasteiger partial charge is 0.142 e. The van der Waals surface area contributed by atoms with Crippen LogP contribution in [0.5, 0.6) is 0 Å². The highest BCUT2D eigenvalue weighted by Gasteiger charge is 1.90. The Labute approximate surface area is 70.4 Å². The molecule has 1 aromatic rings. The van der Waals surface area contributed by atoms with Gasteiger partial charge in [-0.15, -0.1) is 0 Å². The summed E-state index contributed by atoms with van der Waals surface area (Å²) in [6.45, 7) is -0.0320. The topological polar surface area (TPSA) is 50.2 Å². The Bertz CT molecular complexity index is 294. The number of aromatic nitrogens is 1. The first-order valence-electron chi connectivity index (χ1n) is 3.53. The van der Waals surface area contributed by atoms with Crippen molar-refractivity contribution in [3.63, 3.8) is 0 Å². The van der Waals surface area contributed by atoms with E-state index in [4.69, 9.17) is 5.11 Å². The third kappa shape index (κ3) is 2.29. The van der Waals surface area contributed by atoms with Gasteiger partial charge in [-0.25, -0.2) is 0 Å². The number of carbonyl (C=O) groups is 1. The number of pyridine rings is 1. The molecule has 0 amide bonds. The summed E-state index contributed by atoms with van der Waals surface area (Å²) in [5.74, 6) is 0. The molecular formula is C9H9NO2. The minimum Gasteiger partial charge on any atom is -0.392 e. The van der Waals surface area contributed by atoms with Gasteiger partial charge in [0, 0.05) is 12.4 Å². The number of hydrogen-bond donors (Lipinski definition) is 1. The Morgan fingerprint density at radius 3 is 3.00 bits per heavy atom. The fraction of sp³-hybridized carbons (Fsp3) is 0.111. The van der Waals surface area contributed by atoms with E-state index in [-0.39, 0.29) is 6.61 Å². The number of aliphatic hydroxyl groups excluding tert-OH is 1. The highest BCUT2D eigenvalue weighted by Crippen LogP contribution is 2.03. The van der Waals surface area contributed by atoms with Crippen molar-refractivity contribution in [1.29, 1.82) is 0 Å². The monoisotopic (exact) mass is 163 g/mol. The van der Waals surface area contributed by atoms with Gasteiger partial charge in [0.2, 0.25) is 0 Å². The van der Waals surface area contributed by atoms with E-state index in [9.17, 15) is 4.79 Å². The zero-order chi connectivity index (χ0) is 8.81. The summed E-state index contributed by atoms with van der Waals surface area (Å²) in [4.78, 5) is 13.9. The van der Waals surface area contributed by atoms with Crippen LogP contribution in [0.25, 0.3) is 6.08 Å². The van der Waals surface area contributed by atoms with Gasteiger partial charge in [-0.1, -0.05) is 6.08 Å². The lowest BCUT2D eigenvalue weighted by atomic mass is 10.2. The normalized spacial score (nSPS) is 10.4. The van der Waals surface area contributed by atoms with Gasteiger partial charge < -0.3 is 5.11 Å². The molecule has 3 nitrogen and oxygen atoms in total. The fourth-order valence-corrected chi connectivity index (χ4v) is 0.836. The summed E-state index contributed by atoms with van der Waals surface area (Å²) in [5, 5.41) is 8.75. The van der Waals surface area contributed by atoms with Gasteiger partial charge in [-0.2, -0.15) is 0 Å². The molecule has 62 valence electrons. The molecule has 1 N–H and O–H groups in total. The van der Waals surface area contributed by atoms with Crippen LogP contribution in [0.4, 0.5) is 0 Å². The van der Waals surface area contributed by atoms with Crippen LogP contribution in [-0.2, 0) is 11.4 Å². The second-order valence-electron chi connectivity index (χ2n) is 2.28. The van der Waals surface area contributed by atoms with E-state index in [2.05, 4.69) is 4.98 Å². The van der Waals surface area contributed by atoms with Crippen molar-refractivity contribution in [2.75, 3.05) is 0 Å². The minimum absolute atomic E-state index is 0.0320. The molecule has 0 aliphatic rings. The summed E-state index contributed by atoms with van der Waals surface area (Å²) in [6, 6.07) is 1.77. The first-order chi connectivity index (χ1) is 5.86. The number of aliphatic hydroxyl groups is 1. The van der Waals surface area contributed by atoms with Crippen molar-refractivity contribution in [1.82, 2.24) is 4.98 Å². The highest BCUT2D eigenvalue weighted by atomic mass is 16.3. The molecule has 3 heteroatoms. The maximum absolute atomic E-state index is 9.98. The largest absolute Gasteiger partial charge is 0.392 e. The van der Waals surface area contributed by atoms with E-state index < -0.39 is 0 Å². The van der Waals surface area contributed by atoms with Crippen molar-refractivity contribution in [2.24, 2.45) is 0 Å². The molecule has 1 rings (SSSR count). The Hall–Kier alpha value is -1.48. The predicted octanol–water partition coefficient (Wildman–Crippen LogP) is 0.786. The molecule has 0 unspecified atom stereocenters. The van der Waals surface area contributed by atoms with Crippen molar-refractivity contribution in [3.8, 4) is 0 Å². The van der Waals surface area contributed by atoms with E-state index in [1.807, 2.05) is 0 Å². The Morgan fingerprint density at radius 2 is 2.33 bits per heavy atom. The van der Waals surface area contributed by atoms with Crippen molar-refractivity contribution in [2.45, 2.75) is 6.61 Å². The average Bonchev–Trinajstić information content (AvgIpc) is 2.15. The van der Waals surface area contributed by atoms with Crippen LogP contribution < -0.4 is 0 Å². The zero-order valence-corrected chi connectivity index (χ0v) is 6.47. The van der Waals surface area contributed by atoms with Crippen LogP contribution in [0, 0.1) is 0 Å². The molecule has 0 atom stereocenters. The summed E-state index contributed by atoms with van der Waals surface area (Å²) >= 11 is 0. The van der Waals surface area contributed by atoms with Crippen LogP contribution in [0.1, 0.15) is 11.1 Å². The van der Waals surface area contributed by atoms with E-state index in [0.29, 0.717) is 6.29 Å². The van der Waals surface area contributed by atoms with E-state index in [1.54, 1.807) is 24.5 Å². The summed E-state index contributed by atoms with van der Waals surface area (Å²) in [6.07, 6.45) is 6.93. The quantitative estimate of drug-likeness (QED) is 0.529. The maximum Gasteiger partial charge on any atom is 0.142 e. The van der Waals surface area contributed by atoms with Crippen LogP contribution >= 0.6 is 0 Å². The van der Waals surface area contributed by atoms with E-state index in [1.165, 1.54) is 6.08 Å². The standard InChI is InChI=1S/C9H9NO2/c11-3-1-2-8-4-9(7-12)6-10-5-8/h1-6,12H,7H2. The SMILES string of the molecule is O=CC=Cc1cncc(CO)c1. The molecule has 0 fully saturated rings. The Kier molecular flexibility index (Phi) is 3.17. The molecular weight excluding hydrogens is 154 g/mol. The molecule has 12 heavy (non-hydrogen) atoms. The minimum atomic E-state index is -0.0320. The highest BCUT2D eigenvalue weighted by molar-refractivity contribution is 5.73. The molecule has 1 heterocycles. The zero-order valence-electron chi connectivity index (χ0n) is 6.47. The van der Waals surface area contributed by atoms with Gasteiger partial charge in [0.25, 0.3) is 0 Å². The van der Waals surface area contributed by atoms with Gasteiger partial charge in [-0.3, -0.25) is 9.78 Å². The summed E-state index contributed by atoms with van der Waals surface area (Å²) in [7, 11) is 0. The average molecular weight is 163 g/mol. The molecule has 0 aliphatic carbocycles. The number of rotatable bonds is 3. The lowest BCUT2D eigenvalue weighted by Crippen LogP contribution is -1.85. The number of allylic oxidation sites excluding steroid dienone is 1. The van der Waals surface area contributed by atoms with Gasteiger partial charge >= 0.3 is 0 Å². The first kappa shape index (κ1) is 8.62. The summed E-state index contributed by atoms with van der Waals surface area (Å²) in [5.41, 5.74) is 1.55. The van der Waals surface area contributed by atoms with Crippen LogP contribution in [0.2, 0.25) is 0 Å². The van der Waals surface area contributed by atoms with Gasteiger partial charge in [0.15, 0.2) is 0 Å². The third-order valence-electron chi connectivity index (χ3n) is 1.37. The van der Waals surface area contributed by atoms with E-state index >= 15 is 0 Å². The molecule has 0 saturated carbocycles. The van der Waals surface area contributed by atoms with Crippen molar-refractivity contribution in [3.05, 3.63) is 35.7 Å². The van der Waals surface area contributed by atoms with Crippen LogP contribution in [0.3, 0.4) is 0 Å². The predicted molar refractivity (Wildman–Crippen MR) is 45.3 cm³/mol. The Balaban J connectivity index is 2.86. The molecule has 0 saturated heterocycles.